The molecule has 0 aliphatic heterocycles. The van der Waals surface area contributed by atoms with Gasteiger partial charge in [-0.1, -0.05) is 115 Å². The van der Waals surface area contributed by atoms with Crippen LogP contribution in [-0.2, 0) is 14.3 Å². The predicted molar refractivity (Wildman–Crippen MR) is 153 cm³/mol. The number of carbonyl (C=O) groups is 2. The summed E-state index contributed by atoms with van der Waals surface area (Å²) in [5.74, 6) is -1.13. The molecule has 0 fully saturated rings. The Morgan fingerprint density at radius 2 is 1.11 bits per heavy atom. The van der Waals surface area contributed by atoms with Crippen LogP contribution in [0.15, 0.2) is 36.5 Å². The third-order valence-corrected chi connectivity index (χ3v) is 6.35. The lowest BCUT2D eigenvalue weighted by atomic mass is 10.1. The van der Waals surface area contributed by atoms with E-state index in [1.807, 2.05) is 0 Å². The van der Waals surface area contributed by atoms with Crippen molar-refractivity contribution < 1.29 is 19.4 Å². The molecule has 0 radical (unpaired) electrons. The van der Waals surface area contributed by atoms with Gasteiger partial charge in [0.1, 0.15) is 6.10 Å². The molecular weight excluding hydrogens is 448 g/mol. The van der Waals surface area contributed by atoms with Crippen LogP contribution in [0.2, 0.25) is 0 Å². The molecule has 0 aromatic rings. The number of ether oxygens (including phenoxy) is 1. The molecule has 0 rings (SSSR count). The van der Waals surface area contributed by atoms with Gasteiger partial charge in [-0.3, -0.25) is 9.59 Å². The SMILES string of the molecule is CCCCC/C=C\C/C=C\C/C=C\CCCCCCCCC(=O)OC(CCCCCCC)CC(=O)O. The van der Waals surface area contributed by atoms with E-state index in [0.717, 1.165) is 57.8 Å². The third-order valence-electron chi connectivity index (χ3n) is 6.35. The van der Waals surface area contributed by atoms with Gasteiger partial charge in [-0.05, 0) is 57.8 Å². The van der Waals surface area contributed by atoms with Gasteiger partial charge >= 0.3 is 11.9 Å². The first-order chi connectivity index (χ1) is 17.6. The topological polar surface area (TPSA) is 63.6 Å². The zero-order valence-corrected chi connectivity index (χ0v) is 23.6. The summed E-state index contributed by atoms with van der Waals surface area (Å²) in [5.41, 5.74) is 0. The summed E-state index contributed by atoms with van der Waals surface area (Å²) in [4.78, 5) is 23.2. The van der Waals surface area contributed by atoms with E-state index in [4.69, 9.17) is 9.84 Å². The van der Waals surface area contributed by atoms with Gasteiger partial charge in [-0.2, -0.15) is 0 Å². The Labute approximate surface area is 222 Å². The van der Waals surface area contributed by atoms with Crippen LogP contribution in [-0.4, -0.2) is 23.1 Å². The summed E-state index contributed by atoms with van der Waals surface area (Å²) in [6.45, 7) is 4.41. The summed E-state index contributed by atoms with van der Waals surface area (Å²) in [7, 11) is 0. The van der Waals surface area contributed by atoms with Gasteiger partial charge in [0.25, 0.3) is 0 Å². The number of allylic oxidation sites excluding steroid dienone is 6. The highest BCUT2D eigenvalue weighted by molar-refractivity contribution is 5.71. The van der Waals surface area contributed by atoms with Gasteiger partial charge < -0.3 is 9.84 Å². The fraction of sp³-hybridized carbons (Fsp3) is 0.750. The molecule has 1 atom stereocenters. The molecule has 0 amide bonds. The van der Waals surface area contributed by atoms with Gasteiger partial charge in [0.15, 0.2) is 0 Å². The zero-order chi connectivity index (χ0) is 26.5. The number of carboxylic acids is 1. The Balaban J connectivity index is 3.65. The second-order valence-corrected chi connectivity index (χ2v) is 9.95. The average Bonchev–Trinajstić information content (AvgIpc) is 2.85. The number of hydrogen-bond donors (Lipinski definition) is 1. The lowest BCUT2D eigenvalue weighted by Gasteiger charge is -2.16. The van der Waals surface area contributed by atoms with Gasteiger partial charge in [0, 0.05) is 6.42 Å². The van der Waals surface area contributed by atoms with Crippen LogP contribution in [0.3, 0.4) is 0 Å². The van der Waals surface area contributed by atoms with Gasteiger partial charge in [0.05, 0.1) is 6.42 Å². The fourth-order valence-electron chi connectivity index (χ4n) is 4.15. The van der Waals surface area contributed by atoms with Crippen LogP contribution in [0.5, 0.6) is 0 Å². The van der Waals surface area contributed by atoms with Crippen LogP contribution in [0.1, 0.15) is 149 Å². The highest BCUT2D eigenvalue weighted by Crippen LogP contribution is 2.15. The highest BCUT2D eigenvalue weighted by Gasteiger charge is 2.17. The van der Waals surface area contributed by atoms with Crippen molar-refractivity contribution in [3.05, 3.63) is 36.5 Å². The van der Waals surface area contributed by atoms with Gasteiger partial charge in [-0.25, -0.2) is 0 Å². The molecule has 4 heteroatoms. The second-order valence-electron chi connectivity index (χ2n) is 9.95. The average molecular weight is 505 g/mol. The molecule has 0 aliphatic rings. The maximum Gasteiger partial charge on any atom is 0.307 e. The molecule has 4 nitrogen and oxygen atoms in total. The molecule has 0 bridgehead atoms. The van der Waals surface area contributed by atoms with Crippen molar-refractivity contribution in [1.82, 2.24) is 0 Å². The normalized spacial score (nSPS) is 12.7. The van der Waals surface area contributed by atoms with Crippen molar-refractivity contribution in [2.24, 2.45) is 0 Å². The van der Waals surface area contributed by atoms with Crippen molar-refractivity contribution in [3.63, 3.8) is 0 Å². The minimum Gasteiger partial charge on any atom is -0.481 e. The second kappa shape index (κ2) is 27.7. The Morgan fingerprint density at radius 3 is 1.72 bits per heavy atom. The van der Waals surface area contributed by atoms with Gasteiger partial charge in [0.2, 0.25) is 0 Å². The Hall–Kier alpha value is -1.84. The third kappa shape index (κ3) is 26.8. The van der Waals surface area contributed by atoms with Crippen LogP contribution >= 0.6 is 0 Å². The maximum absolute atomic E-state index is 12.1. The number of carbonyl (C=O) groups excluding carboxylic acids is 1. The van der Waals surface area contributed by atoms with E-state index in [1.165, 1.54) is 57.8 Å². The summed E-state index contributed by atoms with van der Waals surface area (Å²) >= 11 is 0. The Bertz CT molecular complexity index is 591. The number of hydrogen-bond acceptors (Lipinski definition) is 3. The molecule has 1 N–H and O–H groups in total. The van der Waals surface area contributed by atoms with E-state index in [1.54, 1.807) is 0 Å². The monoisotopic (exact) mass is 504 g/mol. The summed E-state index contributed by atoms with van der Waals surface area (Å²) in [6.07, 6.45) is 34.6. The number of aliphatic carboxylic acids is 1. The summed E-state index contributed by atoms with van der Waals surface area (Å²) in [6, 6.07) is 0. The molecular formula is C32H56O4. The molecule has 0 aromatic heterocycles. The Morgan fingerprint density at radius 1 is 0.639 bits per heavy atom. The van der Waals surface area contributed by atoms with E-state index >= 15 is 0 Å². The molecule has 0 spiro atoms. The lowest BCUT2D eigenvalue weighted by Crippen LogP contribution is -2.21. The molecule has 0 saturated carbocycles. The van der Waals surface area contributed by atoms with Crippen LogP contribution in [0.25, 0.3) is 0 Å². The summed E-state index contributed by atoms with van der Waals surface area (Å²) < 4.78 is 5.47. The van der Waals surface area contributed by atoms with Crippen LogP contribution < -0.4 is 0 Å². The zero-order valence-electron chi connectivity index (χ0n) is 23.6. The van der Waals surface area contributed by atoms with Crippen LogP contribution in [0, 0.1) is 0 Å². The standard InChI is InChI=1S/C32H56O4/c1-3-5-7-9-10-11-12-13-14-15-16-17-18-19-20-21-22-24-26-28-32(35)36-30(29-31(33)34)27-25-23-8-6-4-2/h10-11,13-14,16-17,30H,3-9,12,15,18-29H2,1-2H3,(H,33,34)/b11-10-,14-13-,17-16-. The first-order valence-electron chi connectivity index (χ1n) is 15.0. The quantitative estimate of drug-likeness (QED) is 0.0723. The molecule has 0 saturated heterocycles. The number of rotatable bonds is 26. The first kappa shape index (κ1) is 34.2. The van der Waals surface area contributed by atoms with E-state index in [-0.39, 0.29) is 12.4 Å². The summed E-state index contributed by atoms with van der Waals surface area (Å²) in [5, 5.41) is 9.08. The lowest BCUT2D eigenvalue weighted by molar-refractivity contribution is -0.153. The largest absolute Gasteiger partial charge is 0.481 e. The minimum atomic E-state index is -0.895. The Kier molecular flexibility index (Phi) is 26.3. The first-order valence-corrected chi connectivity index (χ1v) is 15.0. The van der Waals surface area contributed by atoms with E-state index in [0.29, 0.717) is 12.8 Å². The van der Waals surface area contributed by atoms with E-state index in [2.05, 4.69) is 50.3 Å². The van der Waals surface area contributed by atoms with Gasteiger partial charge in [-0.15, -0.1) is 0 Å². The molecule has 36 heavy (non-hydrogen) atoms. The van der Waals surface area contributed by atoms with Crippen molar-refractivity contribution in [2.45, 2.75) is 155 Å². The fourth-order valence-corrected chi connectivity index (χ4v) is 4.15. The molecule has 208 valence electrons. The number of unbranched alkanes of at least 4 members (excludes halogenated alkanes) is 13. The smallest absolute Gasteiger partial charge is 0.307 e. The predicted octanol–water partition coefficient (Wildman–Crippen LogP) is 9.88. The van der Waals surface area contributed by atoms with Crippen LogP contribution in [0.4, 0.5) is 0 Å². The maximum atomic E-state index is 12.1. The molecule has 0 heterocycles. The van der Waals surface area contributed by atoms with E-state index in [9.17, 15) is 9.59 Å². The van der Waals surface area contributed by atoms with Crippen molar-refractivity contribution in [3.8, 4) is 0 Å². The molecule has 1 unspecified atom stereocenters. The molecule has 0 aromatic carbocycles. The molecule has 0 aliphatic carbocycles. The highest BCUT2D eigenvalue weighted by atomic mass is 16.5. The number of esters is 1. The van der Waals surface area contributed by atoms with Crippen molar-refractivity contribution >= 4 is 11.9 Å². The van der Waals surface area contributed by atoms with Crippen molar-refractivity contribution in [1.29, 1.82) is 0 Å². The van der Waals surface area contributed by atoms with E-state index < -0.39 is 12.1 Å². The number of carboxylic acid groups (broad SMARTS) is 1. The minimum absolute atomic E-state index is 0.0826. The van der Waals surface area contributed by atoms with Crippen molar-refractivity contribution in [2.75, 3.05) is 0 Å².